The summed E-state index contributed by atoms with van der Waals surface area (Å²) in [5.41, 5.74) is 5.87. The summed E-state index contributed by atoms with van der Waals surface area (Å²) < 4.78 is 23.2. The summed E-state index contributed by atoms with van der Waals surface area (Å²) in [6, 6.07) is 4.07. The molecule has 0 heterocycles. The molecule has 3 nitrogen and oxygen atoms in total. The van der Waals surface area contributed by atoms with Crippen molar-refractivity contribution in [3.63, 3.8) is 0 Å². The highest BCUT2D eigenvalue weighted by Crippen LogP contribution is 2.21. The Kier molecular flexibility index (Phi) is 4.90. The fourth-order valence-corrected chi connectivity index (χ4v) is 1.11. The number of benzene rings is 1. The first-order valence-corrected chi connectivity index (χ1v) is 4.99. The van der Waals surface area contributed by atoms with Crippen molar-refractivity contribution >= 4 is 5.69 Å². The molecule has 0 aliphatic carbocycles. The van der Waals surface area contributed by atoms with Crippen molar-refractivity contribution in [3.8, 4) is 5.75 Å². The van der Waals surface area contributed by atoms with Gasteiger partial charge in [0.05, 0.1) is 12.3 Å². The van der Waals surface area contributed by atoms with Crippen LogP contribution in [0.1, 0.15) is 13.3 Å². The van der Waals surface area contributed by atoms with Gasteiger partial charge in [0.2, 0.25) is 0 Å². The second-order valence-corrected chi connectivity index (χ2v) is 3.14. The van der Waals surface area contributed by atoms with Gasteiger partial charge in [-0.05, 0) is 18.6 Å². The molecule has 0 radical (unpaired) electrons. The Balaban J connectivity index is 2.31. The number of nitrogen functional groups attached to an aromatic ring is 1. The SMILES string of the molecule is CCCOCCOc1ccc(F)cc1N. The van der Waals surface area contributed by atoms with E-state index in [1.165, 1.54) is 18.2 Å². The Hall–Kier alpha value is -1.29. The first kappa shape index (κ1) is 11.8. The van der Waals surface area contributed by atoms with Crippen LogP contribution in [0.4, 0.5) is 10.1 Å². The van der Waals surface area contributed by atoms with Gasteiger partial charge in [-0.1, -0.05) is 6.92 Å². The van der Waals surface area contributed by atoms with E-state index < -0.39 is 0 Å². The fraction of sp³-hybridized carbons (Fsp3) is 0.455. The highest BCUT2D eigenvalue weighted by atomic mass is 19.1. The number of rotatable bonds is 6. The van der Waals surface area contributed by atoms with Crippen molar-refractivity contribution in [3.05, 3.63) is 24.0 Å². The van der Waals surface area contributed by atoms with Gasteiger partial charge in [0.25, 0.3) is 0 Å². The van der Waals surface area contributed by atoms with Gasteiger partial charge in [0.15, 0.2) is 0 Å². The average Bonchev–Trinajstić information content (AvgIpc) is 2.20. The summed E-state index contributed by atoms with van der Waals surface area (Å²) in [5, 5.41) is 0. The average molecular weight is 213 g/mol. The maximum absolute atomic E-state index is 12.7. The summed E-state index contributed by atoms with van der Waals surface area (Å²) in [6.07, 6.45) is 0.985. The van der Waals surface area contributed by atoms with Gasteiger partial charge in [-0.3, -0.25) is 0 Å². The van der Waals surface area contributed by atoms with Crippen LogP contribution in [0.2, 0.25) is 0 Å². The molecular formula is C11H16FNO2. The van der Waals surface area contributed by atoms with Crippen molar-refractivity contribution in [1.82, 2.24) is 0 Å². The third kappa shape index (κ3) is 4.16. The third-order valence-corrected chi connectivity index (χ3v) is 1.81. The van der Waals surface area contributed by atoms with Gasteiger partial charge in [-0.15, -0.1) is 0 Å². The van der Waals surface area contributed by atoms with E-state index in [1.807, 2.05) is 6.92 Å². The highest BCUT2D eigenvalue weighted by Gasteiger charge is 2.01. The second-order valence-electron chi connectivity index (χ2n) is 3.14. The third-order valence-electron chi connectivity index (χ3n) is 1.81. The van der Waals surface area contributed by atoms with E-state index in [9.17, 15) is 4.39 Å². The zero-order valence-corrected chi connectivity index (χ0v) is 8.83. The van der Waals surface area contributed by atoms with Crippen molar-refractivity contribution in [1.29, 1.82) is 0 Å². The maximum Gasteiger partial charge on any atom is 0.142 e. The van der Waals surface area contributed by atoms with E-state index in [2.05, 4.69) is 0 Å². The van der Waals surface area contributed by atoms with Crippen LogP contribution in [0.15, 0.2) is 18.2 Å². The standard InChI is InChI=1S/C11H16FNO2/c1-2-5-14-6-7-15-11-4-3-9(12)8-10(11)13/h3-4,8H,2,5-7,13H2,1H3. The summed E-state index contributed by atoms with van der Waals surface area (Å²) in [7, 11) is 0. The number of hydrogen-bond donors (Lipinski definition) is 1. The predicted octanol–water partition coefficient (Wildman–Crippen LogP) is 2.21. The topological polar surface area (TPSA) is 44.5 Å². The van der Waals surface area contributed by atoms with Crippen molar-refractivity contribution in [2.45, 2.75) is 13.3 Å². The summed E-state index contributed by atoms with van der Waals surface area (Å²) >= 11 is 0. The van der Waals surface area contributed by atoms with Gasteiger partial charge in [0.1, 0.15) is 18.2 Å². The van der Waals surface area contributed by atoms with Crippen LogP contribution >= 0.6 is 0 Å². The molecule has 1 aromatic rings. The smallest absolute Gasteiger partial charge is 0.142 e. The first-order valence-electron chi connectivity index (χ1n) is 4.99. The minimum atomic E-state index is -0.359. The number of nitrogens with two attached hydrogens (primary N) is 1. The van der Waals surface area contributed by atoms with Crippen LogP contribution in [0.3, 0.4) is 0 Å². The molecule has 4 heteroatoms. The lowest BCUT2D eigenvalue weighted by molar-refractivity contribution is 0.101. The van der Waals surface area contributed by atoms with Gasteiger partial charge in [-0.25, -0.2) is 4.39 Å². The quantitative estimate of drug-likeness (QED) is 0.582. The van der Waals surface area contributed by atoms with Crippen LogP contribution in [0.25, 0.3) is 0 Å². The van der Waals surface area contributed by atoms with Crippen molar-refractivity contribution < 1.29 is 13.9 Å². The summed E-state index contributed by atoms with van der Waals surface area (Å²) in [6.45, 7) is 3.71. The van der Waals surface area contributed by atoms with E-state index in [1.54, 1.807) is 0 Å². The first-order chi connectivity index (χ1) is 7.24. The monoisotopic (exact) mass is 213 g/mol. The molecule has 15 heavy (non-hydrogen) atoms. The zero-order valence-electron chi connectivity index (χ0n) is 8.83. The minimum absolute atomic E-state index is 0.311. The Morgan fingerprint density at radius 1 is 1.27 bits per heavy atom. The van der Waals surface area contributed by atoms with E-state index in [4.69, 9.17) is 15.2 Å². The van der Waals surface area contributed by atoms with Gasteiger partial charge in [0, 0.05) is 12.7 Å². The van der Waals surface area contributed by atoms with E-state index in [0.29, 0.717) is 24.7 Å². The molecule has 0 spiro atoms. The lowest BCUT2D eigenvalue weighted by Gasteiger charge is -2.08. The van der Waals surface area contributed by atoms with E-state index >= 15 is 0 Å². The molecule has 0 aliphatic heterocycles. The van der Waals surface area contributed by atoms with Crippen LogP contribution in [0.5, 0.6) is 5.75 Å². The molecule has 0 aromatic heterocycles. The van der Waals surface area contributed by atoms with Crippen molar-refractivity contribution in [2.24, 2.45) is 0 Å². The molecule has 0 saturated carbocycles. The molecule has 0 saturated heterocycles. The van der Waals surface area contributed by atoms with Crippen LogP contribution in [-0.4, -0.2) is 19.8 Å². The Labute approximate surface area is 89.0 Å². The van der Waals surface area contributed by atoms with E-state index in [0.717, 1.165) is 13.0 Å². The molecule has 84 valence electrons. The largest absolute Gasteiger partial charge is 0.489 e. The number of anilines is 1. The maximum atomic E-state index is 12.7. The Bertz CT molecular complexity index is 305. The molecule has 0 unspecified atom stereocenters. The summed E-state index contributed by atoms with van der Waals surface area (Å²) in [4.78, 5) is 0. The zero-order chi connectivity index (χ0) is 11.1. The lowest BCUT2D eigenvalue weighted by Crippen LogP contribution is -2.08. The molecule has 1 aromatic carbocycles. The van der Waals surface area contributed by atoms with Gasteiger partial charge in [-0.2, -0.15) is 0 Å². The van der Waals surface area contributed by atoms with Crippen molar-refractivity contribution in [2.75, 3.05) is 25.6 Å². The van der Waals surface area contributed by atoms with Crippen LogP contribution in [-0.2, 0) is 4.74 Å². The number of hydrogen-bond acceptors (Lipinski definition) is 3. The Morgan fingerprint density at radius 3 is 2.73 bits per heavy atom. The molecule has 1 rings (SSSR count). The number of halogens is 1. The van der Waals surface area contributed by atoms with E-state index in [-0.39, 0.29) is 5.82 Å². The lowest BCUT2D eigenvalue weighted by atomic mass is 10.3. The normalized spacial score (nSPS) is 10.3. The van der Waals surface area contributed by atoms with Gasteiger partial charge < -0.3 is 15.2 Å². The molecule has 0 amide bonds. The fourth-order valence-electron chi connectivity index (χ4n) is 1.11. The highest BCUT2D eigenvalue weighted by molar-refractivity contribution is 5.52. The summed E-state index contributed by atoms with van der Waals surface area (Å²) in [5.74, 6) is 0.138. The van der Waals surface area contributed by atoms with Gasteiger partial charge >= 0.3 is 0 Å². The predicted molar refractivity (Wildman–Crippen MR) is 57.4 cm³/mol. The minimum Gasteiger partial charge on any atom is -0.489 e. The molecule has 0 bridgehead atoms. The molecule has 0 atom stereocenters. The molecule has 2 N–H and O–H groups in total. The molecule has 0 aliphatic rings. The number of ether oxygens (including phenoxy) is 2. The molecule has 0 fully saturated rings. The molecular weight excluding hydrogens is 197 g/mol. The van der Waals surface area contributed by atoms with Crippen LogP contribution < -0.4 is 10.5 Å². The Morgan fingerprint density at radius 2 is 2.07 bits per heavy atom. The van der Waals surface area contributed by atoms with Crippen LogP contribution in [0, 0.1) is 5.82 Å². The second kappa shape index (κ2) is 6.24.